The van der Waals surface area contributed by atoms with Crippen molar-refractivity contribution in [1.29, 1.82) is 0 Å². The van der Waals surface area contributed by atoms with Crippen molar-refractivity contribution in [2.45, 2.75) is 23.5 Å². The summed E-state index contributed by atoms with van der Waals surface area (Å²) in [6, 6.07) is 7.55. The summed E-state index contributed by atoms with van der Waals surface area (Å²) >= 11 is 7.45. The van der Waals surface area contributed by atoms with Crippen LogP contribution in [-0.4, -0.2) is 53.5 Å². The molecular weight excluding hydrogens is 308 g/mol. The fraction of sp³-hybridized carbons (Fsp3) is 0.467. The number of halogens is 1. The minimum atomic E-state index is -0.0889. The van der Waals surface area contributed by atoms with Gasteiger partial charge in [-0.05, 0) is 30.7 Å². The third-order valence-corrected chi connectivity index (χ3v) is 5.13. The third-order valence-electron chi connectivity index (χ3n) is 3.51. The average molecular weight is 327 g/mol. The molecule has 0 saturated carbocycles. The van der Waals surface area contributed by atoms with E-state index in [1.54, 1.807) is 16.7 Å². The lowest BCUT2D eigenvalue weighted by molar-refractivity contribution is -0.134. The summed E-state index contributed by atoms with van der Waals surface area (Å²) in [4.78, 5) is 27.9. The number of hydrogen-bond donors (Lipinski definition) is 0. The molecule has 1 fully saturated rings. The van der Waals surface area contributed by atoms with Gasteiger partial charge in [0.2, 0.25) is 12.3 Å². The molecule has 0 bridgehead atoms. The maximum absolute atomic E-state index is 12.6. The third kappa shape index (κ3) is 4.38. The van der Waals surface area contributed by atoms with E-state index in [2.05, 4.69) is 0 Å². The Hall–Kier alpha value is -1.20. The Balaban J connectivity index is 1.95. The maximum Gasteiger partial charge on any atom is 0.236 e. The van der Waals surface area contributed by atoms with Crippen LogP contribution in [0.25, 0.3) is 0 Å². The van der Waals surface area contributed by atoms with Gasteiger partial charge < -0.3 is 9.80 Å². The van der Waals surface area contributed by atoms with Gasteiger partial charge >= 0.3 is 0 Å². The standard InChI is InChI=1S/C15H19ClN2O2S/c1-2-14(21-13-5-3-12(16)4-6-13)15(20)18-9-7-17(11-19)8-10-18/h3-6,11,14H,2,7-10H2,1H3/t14-/m0/s1. The van der Waals surface area contributed by atoms with Gasteiger partial charge in [0.15, 0.2) is 0 Å². The van der Waals surface area contributed by atoms with Gasteiger partial charge in [0.05, 0.1) is 5.25 Å². The van der Waals surface area contributed by atoms with Gasteiger partial charge in [0, 0.05) is 36.1 Å². The molecule has 4 nitrogen and oxygen atoms in total. The lowest BCUT2D eigenvalue weighted by Gasteiger charge is -2.34. The summed E-state index contributed by atoms with van der Waals surface area (Å²) < 4.78 is 0. The molecule has 0 aromatic heterocycles. The van der Waals surface area contributed by atoms with Crippen LogP contribution < -0.4 is 0 Å². The first kappa shape index (κ1) is 16.2. The molecule has 114 valence electrons. The van der Waals surface area contributed by atoms with E-state index in [1.165, 1.54) is 0 Å². The number of nitrogens with zero attached hydrogens (tertiary/aromatic N) is 2. The fourth-order valence-electron chi connectivity index (χ4n) is 2.24. The smallest absolute Gasteiger partial charge is 0.236 e. The van der Waals surface area contributed by atoms with Gasteiger partial charge in [-0.25, -0.2) is 0 Å². The van der Waals surface area contributed by atoms with Crippen molar-refractivity contribution < 1.29 is 9.59 Å². The van der Waals surface area contributed by atoms with Gasteiger partial charge in [-0.15, -0.1) is 11.8 Å². The second-order valence-electron chi connectivity index (χ2n) is 4.94. The summed E-state index contributed by atoms with van der Waals surface area (Å²) in [7, 11) is 0. The monoisotopic (exact) mass is 326 g/mol. The molecular formula is C15H19ClN2O2S. The predicted molar refractivity (Wildman–Crippen MR) is 85.6 cm³/mol. The van der Waals surface area contributed by atoms with E-state index in [1.807, 2.05) is 36.1 Å². The average Bonchev–Trinajstić information content (AvgIpc) is 2.54. The van der Waals surface area contributed by atoms with Crippen LogP contribution in [0.1, 0.15) is 13.3 Å². The van der Waals surface area contributed by atoms with Crippen LogP contribution in [0.2, 0.25) is 5.02 Å². The molecule has 1 aromatic carbocycles. The molecule has 1 saturated heterocycles. The normalized spacial score (nSPS) is 16.7. The minimum absolute atomic E-state index is 0.0889. The Labute approximate surface area is 134 Å². The van der Waals surface area contributed by atoms with Gasteiger partial charge in [0.1, 0.15) is 0 Å². The van der Waals surface area contributed by atoms with Crippen LogP contribution in [0, 0.1) is 0 Å². The first-order valence-electron chi connectivity index (χ1n) is 7.04. The number of carbonyl (C=O) groups is 2. The van der Waals surface area contributed by atoms with Crippen molar-refractivity contribution in [3.63, 3.8) is 0 Å². The number of rotatable bonds is 5. The Morgan fingerprint density at radius 3 is 2.43 bits per heavy atom. The summed E-state index contributed by atoms with van der Waals surface area (Å²) in [5, 5.41) is 0.609. The van der Waals surface area contributed by atoms with Gasteiger partial charge in [-0.1, -0.05) is 18.5 Å². The summed E-state index contributed by atoms with van der Waals surface area (Å²) in [6.45, 7) is 4.51. The molecule has 2 rings (SSSR count). The molecule has 2 amide bonds. The number of benzene rings is 1. The van der Waals surface area contributed by atoms with Gasteiger partial charge in [-0.2, -0.15) is 0 Å². The van der Waals surface area contributed by atoms with E-state index in [-0.39, 0.29) is 11.2 Å². The number of amides is 2. The van der Waals surface area contributed by atoms with Gasteiger partial charge in [0.25, 0.3) is 0 Å². The Bertz CT molecular complexity index is 487. The molecule has 0 aliphatic carbocycles. The number of thioether (sulfide) groups is 1. The molecule has 1 heterocycles. The highest BCUT2D eigenvalue weighted by molar-refractivity contribution is 8.00. The van der Waals surface area contributed by atoms with Crippen LogP contribution in [0.3, 0.4) is 0 Å². The molecule has 0 unspecified atom stereocenters. The topological polar surface area (TPSA) is 40.6 Å². The van der Waals surface area contributed by atoms with Crippen molar-refractivity contribution in [3.8, 4) is 0 Å². The van der Waals surface area contributed by atoms with Crippen LogP contribution in [0.4, 0.5) is 0 Å². The van der Waals surface area contributed by atoms with E-state index in [4.69, 9.17) is 11.6 Å². The molecule has 0 radical (unpaired) electrons. The zero-order chi connectivity index (χ0) is 15.2. The summed E-state index contributed by atoms with van der Waals surface area (Å²) in [6.07, 6.45) is 1.63. The Morgan fingerprint density at radius 1 is 1.29 bits per heavy atom. The molecule has 0 N–H and O–H groups in total. The molecule has 1 aliphatic rings. The van der Waals surface area contributed by atoms with Crippen LogP contribution in [-0.2, 0) is 9.59 Å². The molecule has 21 heavy (non-hydrogen) atoms. The Morgan fingerprint density at radius 2 is 1.90 bits per heavy atom. The Kier molecular flexibility index (Phi) is 5.94. The minimum Gasteiger partial charge on any atom is -0.342 e. The van der Waals surface area contributed by atoms with Crippen molar-refractivity contribution in [3.05, 3.63) is 29.3 Å². The zero-order valence-electron chi connectivity index (χ0n) is 12.0. The lowest BCUT2D eigenvalue weighted by Crippen LogP contribution is -2.50. The lowest BCUT2D eigenvalue weighted by atomic mass is 10.2. The summed E-state index contributed by atoms with van der Waals surface area (Å²) in [5.41, 5.74) is 0. The van der Waals surface area contributed by atoms with Crippen molar-refractivity contribution >= 4 is 35.7 Å². The SMILES string of the molecule is CC[C@H](Sc1ccc(Cl)cc1)C(=O)N1CCN(C=O)CC1. The van der Waals surface area contributed by atoms with E-state index in [9.17, 15) is 9.59 Å². The van der Waals surface area contributed by atoms with Crippen molar-refractivity contribution in [2.75, 3.05) is 26.2 Å². The second-order valence-corrected chi connectivity index (χ2v) is 6.65. The number of carbonyl (C=O) groups excluding carboxylic acids is 2. The van der Waals surface area contributed by atoms with E-state index in [0.717, 1.165) is 17.7 Å². The van der Waals surface area contributed by atoms with E-state index >= 15 is 0 Å². The maximum atomic E-state index is 12.6. The molecule has 1 atom stereocenters. The molecule has 1 aliphatic heterocycles. The van der Waals surface area contributed by atoms with E-state index in [0.29, 0.717) is 31.2 Å². The summed E-state index contributed by atoms with van der Waals surface area (Å²) in [5.74, 6) is 0.156. The fourth-order valence-corrected chi connectivity index (χ4v) is 3.40. The van der Waals surface area contributed by atoms with Crippen LogP contribution in [0.5, 0.6) is 0 Å². The van der Waals surface area contributed by atoms with Crippen LogP contribution >= 0.6 is 23.4 Å². The largest absolute Gasteiger partial charge is 0.342 e. The second kappa shape index (κ2) is 7.71. The number of piperazine rings is 1. The first-order chi connectivity index (χ1) is 10.1. The van der Waals surface area contributed by atoms with E-state index < -0.39 is 0 Å². The molecule has 1 aromatic rings. The quantitative estimate of drug-likeness (QED) is 0.616. The van der Waals surface area contributed by atoms with Gasteiger partial charge in [-0.3, -0.25) is 9.59 Å². The molecule has 0 spiro atoms. The first-order valence-corrected chi connectivity index (χ1v) is 8.30. The molecule has 6 heteroatoms. The number of hydrogen-bond acceptors (Lipinski definition) is 3. The highest BCUT2D eigenvalue weighted by Gasteiger charge is 2.26. The highest BCUT2D eigenvalue weighted by atomic mass is 35.5. The predicted octanol–water partition coefficient (Wildman–Crippen LogP) is 2.51. The van der Waals surface area contributed by atoms with Crippen molar-refractivity contribution in [2.24, 2.45) is 0 Å². The van der Waals surface area contributed by atoms with Crippen molar-refractivity contribution in [1.82, 2.24) is 9.80 Å². The zero-order valence-corrected chi connectivity index (χ0v) is 13.6. The highest BCUT2D eigenvalue weighted by Crippen LogP contribution is 2.28. The van der Waals surface area contributed by atoms with Crippen LogP contribution in [0.15, 0.2) is 29.2 Å².